The molecule has 4 heterocycles. The molecule has 0 unspecified atom stereocenters. The minimum Gasteiger partial charge on any atom is -0.340 e. The summed E-state index contributed by atoms with van der Waals surface area (Å²) >= 11 is 0. The van der Waals surface area contributed by atoms with Gasteiger partial charge in [-0.3, -0.25) is 14.5 Å². The zero-order valence-electron chi connectivity index (χ0n) is 17.5. The van der Waals surface area contributed by atoms with E-state index >= 15 is 0 Å². The quantitative estimate of drug-likeness (QED) is 0.724. The first-order chi connectivity index (χ1) is 14.0. The summed E-state index contributed by atoms with van der Waals surface area (Å²) in [6, 6.07) is 0.443. The van der Waals surface area contributed by atoms with Crippen LogP contribution in [0.5, 0.6) is 0 Å². The predicted molar refractivity (Wildman–Crippen MR) is 106 cm³/mol. The number of rotatable bonds is 3. The van der Waals surface area contributed by atoms with Crippen molar-refractivity contribution in [3.63, 3.8) is 0 Å². The van der Waals surface area contributed by atoms with Crippen molar-refractivity contribution in [1.29, 1.82) is 0 Å². The molecule has 1 atom stereocenters. The molecule has 29 heavy (non-hydrogen) atoms. The monoisotopic (exact) mass is 404 g/mol. The molecule has 2 amide bonds. The minimum atomic E-state index is -0.0936. The molecule has 1 aromatic rings. The Labute approximate surface area is 171 Å². The van der Waals surface area contributed by atoms with E-state index in [1.165, 1.54) is 0 Å². The van der Waals surface area contributed by atoms with Crippen LogP contribution in [0.3, 0.4) is 0 Å². The first kappa shape index (κ1) is 20.3. The Morgan fingerprint density at radius 2 is 1.66 bits per heavy atom. The van der Waals surface area contributed by atoms with Gasteiger partial charge in [0.2, 0.25) is 5.91 Å². The molecule has 160 valence electrons. The normalized spacial score (nSPS) is 25.4. The van der Waals surface area contributed by atoms with Crippen molar-refractivity contribution in [3.05, 3.63) is 11.4 Å². The second-order valence-corrected chi connectivity index (χ2v) is 8.68. The van der Waals surface area contributed by atoms with Crippen molar-refractivity contribution in [1.82, 2.24) is 29.9 Å². The first-order valence-electron chi connectivity index (χ1n) is 10.8. The summed E-state index contributed by atoms with van der Waals surface area (Å²) in [6.07, 6.45) is 3.95. The van der Waals surface area contributed by atoms with Crippen LogP contribution >= 0.6 is 0 Å². The van der Waals surface area contributed by atoms with Crippen LogP contribution in [0.2, 0.25) is 0 Å². The zero-order chi connectivity index (χ0) is 20.4. The van der Waals surface area contributed by atoms with Gasteiger partial charge in [0, 0.05) is 51.9 Å². The topological polar surface area (TPSA) is 86.0 Å². The van der Waals surface area contributed by atoms with E-state index in [0.29, 0.717) is 36.4 Å². The third-order valence-corrected chi connectivity index (χ3v) is 6.74. The number of likely N-dealkylation sites (tertiary alicyclic amines) is 2. The number of carbonyl (C=O) groups is 2. The Balaban J connectivity index is 1.29. The standard InChI is InChI=1S/C20H32N6O3/c1-15-18(22-29-21-15)20(28)24-8-5-17(6-9-24)26-7-3-4-16(14-26)19(27)25-12-10-23(2)11-13-25/h16-17H,3-14H2,1-2H3/t16-/m0/s1. The summed E-state index contributed by atoms with van der Waals surface area (Å²) < 4.78 is 4.67. The van der Waals surface area contributed by atoms with Gasteiger partial charge in [0.15, 0.2) is 5.69 Å². The highest BCUT2D eigenvalue weighted by atomic mass is 16.6. The number of aryl methyl sites for hydroxylation is 1. The number of aromatic nitrogens is 2. The summed E-state index contributed by atoms with van der Waals surface area (Å²) in [7, 11) is 2.11. The number of piperidine rings is 2. The lowest BCUT2D eigenvalue weighted by Gasteiger charge is -2.43. The van der Waals surface area contributed by atoms with Crippen LogP contribution in [0.15, 0.2) is 4.63 Å². The van der Waals surface area contributed by atoms with Gasteiger partial charge in [-0.1, -0.05) is 5.16 Å². The molecule has 3 aliphatic rings. The lowest BCUT2D eigenvalue weighted by molar-refractivity contribution is -0.139. The Bertz CT molecular complexity index is 722. The molecule has 3 aliphatic heterocycles. The first-order valence-corrected chi connectivity index (χ1v) is 10.8. The number of nitrogens with zero attached hydrogens (tertiary/aromatic N) is 6. The van der Waals surface area contributed by atoms with Crippen LogP contribution < -0.4 is 0 Å². The van der Waals surface area contributed by atoms with E-state index in [1.54, 1.807) is 6.92 Å². The van der Waals surface area contributed by atoms with Crippen molar-refractivity contribution in [2.24, 2.45) is 5.92 Å². The van der Waals surface area contributed by atoms with Crippen molar-refractivity contribution < 1.29 is 14.2 Å². The molecule has 9 nitrogen and oxygen atoms in total. The Morgan fingerprint density at radius 3 is 2.31 bits per heavy atom. The summed E-state index contributed by atoms with van der Waals surface area (Å²) in [5, 5.41) is 7.45. The van der Waals surface area contributed by atoms with E-state index in [4.69, 9.17) is 0 Å². The largest absolute Gasteiger partial charge is 0.340 e. The van der Waals surface area contributed by atoms with Crippen molar-refractivity contribution in [3.8, 4) is 0 Å². The lowest BCUT2D eigenvalue weighted by atomic mass is 9.92. The molecule has 0 spiro atoms. The maximum Gasteiger partial charge on any atom is 0.278 e. The highest BCUT2D eigenvalue weighted by Crippen LogP contribution is 2.26. The Kier molecular flexibility index (Phi) is 6.15. The van der Waals surface area contributed by atoms with E-state index in [9.17, 15) is 9.59 Å². The summed E-state index contributed by atoms with van der Waals surface area (Å²) in [5.41, 5.74) is 0.859. The third kappa shape index (κ3) is 4.45. The maximum atomic E-state index is 13.0. The predicted octanol–water partition coefficient (Wildman–Crippen LogP) is 0.469. The van der Waals surface area contributed by atoms with E-state index in [-0.39, 0.29) is 11.8 Å². The number of hydrogen-bond acceptors (Lipinski definition) is 7. The highest BCUT2D eigenvalue weighted by molar-refractivity contribution is 5.93. The summed E-state index contributed by atoms with van der Waals surface area (Å²) in [5.74, 6) is 0.365. The van der Waals surface area contributed by atoms with Crippen molar-refractivity contribution in [2.45, 2.75) is 38.6 Å². The average Bonchev–Trinajstić information content (AvgIpc) is 3.19. The van der Waals surface area contributed by atoms with Crippen LogP contribution in [-0.2, 0) is 4.79 Å². The number of carbonyl (C=O) groups excluding carboxylic acids is 2. The van der Waals surface area contributed by atoms with Crippen LogP contribution in [0.1, 0.15) is 41.9 Å². The third-order valence-electron chi connectivity index (χ3n) is 6.74. The summed E-state index contributed by atoms with van der Waals surface area (Å²) in [6.45, 7) is 8.71. The van der Waals surface area contributed by atoms with E-state index in [0.717, 1.165) is 65.0 Å². The van der Waals surface area contributed by atoms with Crippen LogP contribution in [0.4, 0.5) is 0 Å². The molecule has 0 saturated carbocycles. The van der Waals surface area contributed by atoms with Crippen LogP contribution in [0.25, 0.3) is 0 Å². The van der Waals surface area contributed by atoms with Gasteiger partial charge < -0.3 is 14.7 Å². The molecule has 0 aliphatic carbocycles. The van der Waals surface area contributed by atoms with Gasteiger partial charge in [0.05, 0.1) is 5.92 Å². The van der Waals surface area contributed by atoms with Crippen molar-refractivity contribution >= 4 is 11.8 Å². The van der Waals surface area contributed by atoms with Crippen molar-refractivity contribution in [2.75, 3.05) is 59.4 Å². The molecule has 3 saturated heterocycles. The lowest BCUT2D eigenvalue weighted by Crippen LogP contribution is -2.54. The molecule has 0 radical (unpaired) electrons. The summed E-state index contributed by atoms with van der Waals surface area (Å²) in [4.78, 5) is 34.3. The highest BCUT2D eigenvalue weighted by Gasteiger charge is 2.35. The smallest absolute Gasteiger partial charge is 0.278 e. The SMILES string of the molecule is Cc1nonc1C(=O)N1CCC(N2CCC[C@H](C(=O)N3CCN(C)CC3)C2)CC1. The van der Waals surface area contributed by atoms with Gasteiger partial charge in [0.1, 0.15) is 5.69 Å². The molecule has 0 bridgehead atoms. The average molecular weight is 405 g/mol. The number of likely N-dealkylation sites (N-methyl/N-ethyl adjacent to an activating group) is 1. The Morgan fingerprint density at radius 1 is 0.931 bits per heavy atom. The van der Waals surface area contributed by atoms with Gasteiger partial charge in [0.25, 0.3) is 5.91 Å². The molecule has 1 aromatic heterocycles. The fraction of sp³-hybridized carbons (Fsp3) is 0.800. The minimum absolute atomic E-state index is 0.0936. The van der Waals surface area contributed by atoms with Gasteiger partial charge in [-0.2, -0.15) is 0 Å². The number of piperazine rings is 1. The Hall–Kier alpha value is -2.00. The number of hydrogen-bond donors (Lipinski definition) is 0. The molecular formula is C20H32N6O3. The fourth-order valence-electron chi connectivity index (χ4n) is 4.83. The van der Waals surface area contributed by atoms with Gasteiger partial charge >= 0.3 is 0 Å². The molecule has 0 N–H and O–H groups in total. The second kappa shape index (κ2) is 8.79. The molecule has 4 rings (SSSR count). The molecule has 0 aromatic carbocycles. The van der Waals surface area contributed by atoms with Crippen LogP contribution in [-0.4, -0.2) is 107 Å². The van der Waals surface area contributed by atoms with E-state index < -0.39 is 0 Å². The second-order valence-electron chi connectivity index (χ2n) is 8.68. The molecule has 9 heteroatoms. The number of amides is 2. The van der Waals surface area contributed by atoms with Gasteiger partial charge in [-0.05, 0) is 51.4 Å². The van der Waals surface area contributed by atoms with E-state index in [2.05, 4.69) is 36.7 Å². The maximum absolute atomic E-state index is 13.0. The van der Waals surface area contributed by atoms with Crippen LogP contribution in [0, 0.1) is 12.8 Å². The zero-order valence-corrected chi connectivity index (χ0v) is 17.5. The fourth-order valence-corrected chi connectivity index (χ4v) is 4.83. The molecular weight excluding hydrogens is 372 g/mol. The van der Waals surface area contributed by atoms with Gasteiger partial charge in [-0.25, -0.2) is 4.63 Å². The molecule has 3 fully saturated rings. The van der Waals surface area contributed by atoms with Gasteiger partial charge in [-0.15, -0.1) is 0 Å². The van der Waals surface area contributed by atoms with E-state index in [1.807, 2.05) is 4.90 Å².